The maximum Gasteiger partial charge on any atom is 0.125 e. The molecule has 0 radical (unpaired) electrons. The van der Waals surface area contributed by atoms with E-state index in [0.29, 0.717) is 6.42 Å². The average molecular weight is 339 g/mol. The van der Waals surface area contributed by atoms with Gasteiger partial charge in [-0.05, 0) is 56.9 Å². The van der Waals surface area contributed by atoms with Gasteiger partial charge in [-0.3, -0.25) is 0 Å². The SMILES string of the molecule is COc1ccccc1C(O)(CCCN1CCCCC1)c1ccccc1. The third kappa shape index (κ3) is 4.23. The van der Waals surface area contributed by atoms with E-state index in [9.17, 15) is 5.11 Å². The minimum atomic E-state index is -1.02. The second-order valence-electron chi connectivity index (χ2n) is 6.93. The summed E-state index contributed by atoms with van der Waals surface area (Å²) in [5.74, 6) is 0.742. The molecule has 1 fully saturated rings. The van der Waals surface area contributed by atoms with Crippen LogP contribution in [0.25, 0.3) is 0 Å². The van der Waals surface area contributed by atoms with E-state index in [1.165, 1.54) is 32.4 Å². The van der Waals surface area contributed by atoms with Gasteiger partial charge in [0.25, 0.3) is 0 Å². The van der Waals surface area contributed by atoms with Crippen LogP contribution in [0.1, 0.15) is 43.2 Å². The zero-order valence-corrected chi connectivity index (χ0v) is 15.2. The van der Waals surface area contributed by atoms with Gasteiger partial charge in [-0.1, -0.05) is 55.0 Å². The van der Waals surface area contributed by atoms with Gasteiger partial charge in [-0.2, -0.15) is 0 Å². The zero-order chi connectivity index (χ0) is 17.5. The van der Waals surface area contributed by atoms with Crippen LogP contribution in [-0.4, -0.2) is 36.8 Å². The Balaban J connectivity index is 1.82. The molecule has 0 amide bonds. The molecule has 25 heavy (non-hydrogen) atoms. The molecule has 1 saturated heterocycles. The Morgan fingerprint density at radius 3 is 2.36 bits per heavy atom. The number of benzene rings is 2. The van der Waals surface area contributed by atoms with Gasteiger partial charge in [0.1, 0.15) is 11.4 Å². The van der Waals surface area contributed by atoms with E-state index in [0.717, 1.165) is 29.8 Å². The van der Waals surface area contributed by atoms with Gasteiger partial charge >= 0.3 is 0 Å². The van der Waals surface area contributed by atoms with Crippen molar-refractivity contribution in [2.45, 2.75) is 37.7 Å². The van der Waals surface area contributed by atoms with Crippen LogP contribution >= 0.6 is 0 Å². The van der Waals surface area contributed by atoms with Gasteiger partial charge in [0.05, 0.1) is 7.11 Å². The molecule has 1 N–H and O–H groups in total. The van der Waals surface area contributed by atoms with Crippen LogP contribution < -0.4 is 4.74 Å². The fourth-order valence-electron chi connectivity index (χ4n) is 3.88. The molecule has 1 unspecified atom stereocenters. The first-order chi connectivity index (χ1) is 12.2. The Labute approximate surface area is 151 Å². The highest BCUT2D eigenvalue weighted by Crippen LogP contribution is 2.39. The number of ether oxygens (including phenoxy) is 1. The van der Waals surface area contributed by atoms with Crippen LogP contribution in [0.4, 0.5) is 0 Å². The van der Waals surface area contributed by atoms with Gasteiger partial charge in [0.2, 0.25) is 0 Å². The number of hydrogen-bond donors (Lipinski definition) is 1. The van der Waals surface area contributed by atoms with Crippen molar-refractivity contribution >= 4 is 0 Å². The molecule has 0 aromatic heterocycles. The molecule has 3 rings (SSSR count). The monoisotopic (exact) mass is 339 g/mol. The number of para-hydroxylation sites is 1. The van der Waals surface area contributed by atoms with Gasteiger partial charge in [0, 0.05) is 5.56 Å². The summed E-state index contributed by atoms with van der Waals surface area (Å²) in [6, 6.07) is 17.8. The summed E-state index contributed by atoms with van der Waals surface area (Å²) < 4.78 is 5.54. The van der Waals surface area contributed by atoms with Crippen LogP contribution in [0.15, 0.2) is 54.6 Å². The molecule has 3 heteroatoms. The van der Waals surface area contributed by atoms with Crippen molar-refractivity contribution in [3.63, 3.8) is 0 Å². The van der Waals surface area contributed by atoms with Crippen LogP contribution in [0.3, 0.4) is 0 Å². The summed E-state index contributed by atoms with van der Waals surface area (Å²) in [5.41, 5.74) is 0.754. The molecule has 2 aromatic carbocycles. The van der Waals surface area contributed by atoms with E-state index in [1.807, 2.05) is 54.6 Å². The largest absolute Gasteiger partial charge is 0.496 e. The Morgan fingerprint density at radius 2 is 1.64 bits per heavy atom. The molecule has 0 bridgehead atoms. The van der Waals surface area contributed by atoms with Crippen molar-refractivity contribution < 1.29 is 9.84 Å². The van der Waals surface area contributed by atoms with Crippen LogP contribution in [0.5, 0.6) is 5.75 Å². The minimum Gasteiger partial charge on any atom is -0.496 e. The minimum absolute atomic E-state index is 0.688. The van der Waals surface area contributed by atoms with E-state index >= 15 is 0 Å². The molecule has 1 atom stereocenters. The number of nitrogens with zero attached hydrogens (tertiary/aromatic N) is 1. The topological polar surface area (TPSA) is 32.7 Å². The lowest BCUT2D eigenvalue weighted by molar-refractivity contribution is 0.0612. The third-order valence-corrected chi connectivity index (χ3v) is 5.27. The third-order valence-electron chi connectivity index (χ3n) is 5.27. The normalized spacial score (nSPS) is 17.8. The predicted octanol–water partition coefficient (Wildman–Crippen LogP) is 4.20. The van der Waals surface area contributed by atoms with Gasteiger partial charge in [-0.25, -0.2) is 0 Å². The summed E-state index contributed by atoms with van der Waals surface area (Å²) in [5, 5.41) is 11.7. The van der Waals surface area contributed by atoms with E-state index in [4.69, 9.17) is 4.74 Å². The smallest absolute Gasteiger partial charge is 0.125 e. The molecular formula is C22H29NO2. The van der Waals surface area contributed by atoms with Gasteiger partial charge < -0.3 is 14.7 Å². The molecule has 1 aliphatic heterocycles. The number of likely N-dealkylation sites (tertiary alicyclic amines) is 1. The number of aliphatic hydroxyl groups is 1. The lowest BCUT2D eigenvalue weighted by atomic mass is 9.82. The summed E-state index contributed by atoms with van der Waals surface area (Å²) in [7, 11) is 1.66. The maximum atomic E-state index is 11.7. The van der Waals surface area contributed by atoms with E-state index in [2.05, 4.69) is 4.90 Å². The van der Waals surface area contributed by atoms with Crippen molar-refractivity contribution in [1.82, 2.24) is 4.90 Å². The highest BCUT2D eigenvalue weighted by molar-refractivity contribution is 5.44. The Morgan fingerprint density at radius 1 is 0.960 bits per heavy atom. The van der Waals surface area contributed by atoms with Crippen LogP contribution in [0.2, 0.25) is 0 Å². The average Bonchev–Trinajstić information content (AvgIpc) is 2.69. The molecule has 1 aliphatic rings. The molecule has 0 spiro atoms. The quantitative estimate of drug-likeness (QED) is 0.821. The molecule has 0 saturated carbocycles. The molecule has 1 heterocycles. The Bertz CT molecular complexity index is 652. The Kier molecular flexibility index (Phi) is 6.11. The van der Waals surface area contributed by atoms with Crippen molar-refractivity contribution in [3.05, 3.63) is 65.7 Å². The van der Waals surface area contributed by atoms with Crippen LogP contribution in [0, 0.1) is 0 Å². The fraction of sp³-hybridized carbons (Fsp3) is 0.455. The van der Waals surface area contributed by atoms with Crippen molar-refractivity contribution in [2.24, 2.45) is 0 Å². The van der Waals surface area contributed by atoms with Crippen molar-refractivity contribution in [2.75, 3.05) is 26.7 Å². The number of rotatable bonds is 7. The molecule has 3 nitrogen and oxygen atoms in total. The van der Waals surface area contributed by atoms with Gasteiger partial charge in [-0.15, -0.1) is 0 Å². The Hall–Kier alpha value is -1.84. The van der Waals surface area contributed by atoms with Crippen molar-refractivity contribution in [1.29, 1.82) is 0 Å². The van der Waals surface area contributed by atoms with Gasteiger partial charge in [0.15, 0.2) is 0 Å². The molecular weight excluding hydrogens is 310 g/mol. The maximum absolute atomic E-state index is 11.7. The lowest BCUT2D eigenvalue weighted by Crippen LogP contribution is -2.33. The molecule has 0 aliphatic carbocycles. The standard InChI is InChI=1S/C22H29NO2/c1-25-21-14-7-6-13-20(21)22(24,19-11-4-2-5-12-19)15-10-18-23-16-8-3-9-17-23/h2,4-7,11-14,24H,3,8-10,15-18H2,1H3. The van der Waals surface area contributed by atoms with Crippen LogP contribution in [-0.2, 0) is 5.60 Å². The second kappa shape index (κ2) is 8.50. The first-order valence-electron chi connectivity index (χ1n) is 9.38. The second-order valence-corrected chi connectivity index (χ2v) is 6.93. The highest BCUT2D eigenvalue weighted by Gasteiger charge is 2.33. The van der Waals surface area contributed by atoms with E-state index in [-0.39, 0.29) is 0 Å². The zero-order valence-electron chi connectivity index (χ0n) is 15.2. The van der Waals surface area contributed by atoms with E-state index < -0.39 is 5.60 Å². The first kappa shape index (κ1) is 18.0. The highest BCUT2D eigenvalue weighted by atomic mass is 16.5. The summed E-state index contributed by atoms with van der Waals surface area (Å²) in [6.07, 6.45) is 5.61. The molecule has 2 aromatic rings. The first-order valence-corrected chi connectivity index (χ1v) is 9.38. The summed E-state index contributed by atoms with van der Waals surface area (Å²) in [6.45, 7) is 3.43. The summed E-state index contributed by atoms with van der Waals surface area (Å²) in [4.78, 5) is 2.52. The number of piperidine rings is 1. The number of hydrogen-bond acceptors (Lipinski definition) is 3. The van der Waals surface area contributed by atoms with E-state index in [1.54, 1.807) is 7.11 Å². The molecule has 134 valence electrons. The van der Waals surface area contributed by atoms with Crippen molar-refractivity contribution in [3.8, 4) is 5.75 Å². The fourth-order valence-corrected chi connectivity index (χ4v) is 3.88. The summed E-state index contributed by atoms with van der Waals surface area (Å²) >= 11 is 0. The lowest BCUT2D eigenvalue weighted by Gasteiger charge is -2.32. The predicted molar refractivity (Wildman–Crippen MR) is 102 cm³/mol. The number of methoxy groups -OCH3 is 1.